The Bertz CT molecular complexity index is 849. The van der Waals surface area contributed by atoms with Crippen LogP contribution in [0.15, 0.2) is 18.2 Å². The van der Waals surface area contributed by atoms with Gasteiger partial charge in [-0.15, -0.1) is 0 Å². The topological polar surface area (TPSA) is 131 Å². The maximum Gasteiger partial charge on any atom is 0.323 e. The minimum Gasteiger partial charge on any atom is -0.461 e. The highest BCUT2D eigenvalue weighted by molar-refractivity contribution is 5.78. The van der Waals surface area contributed by atoms with Gasteiger partial charge in [0.25, 0.3) is 0 Å². The van der Waals surface area contributed by atoms with Crippen LogP contribution in [0.3, 0.4) is 0 Å². The summed E-state index contributed by atoms with van der Waals surface area (Å²) in [5, 5.41) is 0. The highest BCUT2D eigenvalue weighted by Gasteiger charge is 2.22. The summed E-state index contributed by atoms with van der Waals surface area (Å²) in [7, 11) is 0. The molecular weight excluding hydrogens is 442 g/mol. The summed E-state index contributed by atoms with van der Waals surface area (Å²) in [6.07, 6.45) is 1.44. The monoisotopic (exact) mass is 479 g/mol. The Morgan fingerprint density at radius 1 is 0.882 bits per heavy atom. The van der Waals surface area contributed by atoms with Crippen LogP contribution in [0.2, 0.25) is 0 Å². The molecule has 0 aliphatic rings. The van der Waals surface area contributed by atoms with Gasteiger partial charge in [0.1, 0.15) is 18.8 Å². The molecule has 2 atom stereocenters. The van der Waals surface area contributed by atoms with E-state index in [0.717, 1.165) is 12.8 Å². The number of hydrogen-bond donors (Lipinski definition) is 1. The van der Waals surface area contributed by atoms with Crippen molar-refractivity contribution in [1.29, 1.82) is 0 Å². The van der Waals surface area contributed by atoms with Gasteiger partial charge in [-0.25, -0.2) is 0 Å². The number of rotatable bonds is 13. The van der Waals surface area contributed by atoms with E-state index in [0.29, 0.717) is 12.0 Å². The van der Waals surface area contributed by atoms with Gasteiger partial charge in [-0.05, 0) is 37.5 Å². The maximum atomic E-state index is 12.3. The summed E-state index contributed by atoms with van der Waals surface area (Å²) in [5.74, 6) is -2.56. The van der Waals surface area contributed by atoms with Crippen LogP contribution in [0, 0.1) is 11.8 Å². The quantitative estimate of drug-likeness (QED) is 0.334. The second kappa shape index (κ2) is 14.3. The summed E-state index contributed by atoms with van der Waals surface area (Å²) >= 11 is 0. The Morgan fingerprint density at radius 2 is 1.47 bits per heavy atom. The minimum atomic E-state index is -0.999. The van der Waals surface area contributed by atoms with E-state index < -0.39 is 36.0 Å². The average molecular weight is 480 g/mol. The highest BCUT2D eigenvalue weighted by atomic mass is 16.6. The van der Waals surface area contributed by atoms with Crippen molar-refractivity contribution < 1.29 is 38.1 Å². The lowest BCUT2D eigenvalue weighted by atomic mass is 10.1. The molecule has 1 aromatic rings. The number of nitrogens with two attached hydrogens (primary N) is 1. The van der Waals surface area contributed by atoms with Crippen LogP contribution in [0.5, 0.6) is 11.5 Å². The molecule has 0 heterocycles. The predicted molar refractivity (Wildman–Crippen MR) is 125 cm³/mol. The van der Waals surface area contributed by atoms with Gasteiger partial charge in [-0.1, -0.05) is 47.1 Å². The number of ether oxygens (including phenoxy) is 4. The molecule has 9 nitrogen and oxygen atoms in total. The van der Waals surface area contributed by atoms with Gasteiger partial charge in [0.2, 0.25) is 0 Å². The Morgan fingerprint density at radius 3 is 2.03 bits per heavy atom. The molecule has 34 heavy (non-hydrogen) atoms. The number of carbonyl (C=O) groups excluding carboxylic acids is 4. The lowest BCUT2D eigenvalue weighted by molar-refractivity contribution is -0.158. The second-order valence-corrected chi connectivity index (χ2v) is 8.78. The third-order valence-electron chi connectivity index (χ3n) is 4.66. The second-order valence-electron chi connectivity index (χ2n) is 8.78. The molecule has 0 saturated heterocycles. The van der Waals surface area contributed by atoms with Gasteiger partial charge in [-0.2, -0.15) is 0 Å². The molecule has 1 rings (SSSR count). The van der Waals surface area contributed by atoms with Crippen LogP contribution in [-0.4, -0.2) is 42.6 Å². The smallest absolute Gasteiger partial charge is 0.323 e. The number of benzene rings is 1. The highest BCUT2D eigenvalue weighted by Crippen LogP contribution is 2.30. The normalized spacial score (nSPS) is 12.7. The van der Waals surface area contributed by atoms with Gasteiger partial charge in [0, 0.05) is 6.42 Å². The largest absolute Gasteiger partial charge is 0.461 e. The molecule has 0 fully saturated rings. The fourth-order valence-electron chi connectivity index (χ4n) is 2.58. The molecule has 0 amide bonds. The van der Waals surface area contributed by atoms with Crippen molar-refractivity contribution in [3.63, 3.8) is 0 Å². The van der Waals surface area contributed by atoms with Gasteiger partial charge in [0.15, 0.2) is 11.5 Å². The van der Waals surface area contributed by atoms with Gasteiger partial charge in [0.05, 0.1) is 11.8 Å². The van der Waals surface area contributed by atoms with Crippen LogP contribution in [0.25, 0.3) is 0 Å². The lowest BCUT2D eigenvalue weighted by Gasteiger charge is -2.17. The van der Waals surface area contributed by atoms with Crippen LogP contribution >= 0.6 is 0 Å². The molecule has 9 heteroatoms. The Balaban J connectivity index is 2.80. The van der Waals surface area contributed by atoms with Crippen molar-refractivity contribution in [1.82, 2.24) is 0 Å². The zero-order chi connectivity index (χ0) is 25.8. The van der Waals surface area contributed by atoms with Crippen molar-refractivity contribution in [2.45, 2.75) is 79.4 Å². The molecule has 0 spiro atoms. The maximum absolute atomic E-state index is 12.3. The number of hydrogen-bond acceptors (Lipinski definition) is 9. The van der Waals surface area contributed by atoms with Crippen molar-refractivity contribution >= 4 is 23.9 Å². The molecule has 0 saturated carbocycles. The zero-order valence-electron chi connectivity index (χ0n) is 20.9. The molecule has 2 N–H and O–H groups in total. The Kier molecular flexibility index (Phi) is 12.3. The van der Waals surface area contributed by atoms with E-state index in [1.165, 1.54) is 12.1 Å². The molecule has 1 aromatic carbocycles. The van der Waals surface area contributed by atoms with Crippen molar-refractivity contribution in [3.05, 3.63) is 23.8 Å². The van der Waals surface area contributed by atoms with E-state index in [1.807, 2.05) is 6.92 Å². The third-order valence-corrected chi connectivity index (χ3v) is 4.66. The fraction of sp³-hybridized carbons (Fsp3) is 0.600. The van der Waals surface area contributed by atoms with E-state index in [9.17, 15) is 19.2 Å². The summed E-state index contributed by atoms with van der Waals surface area (Å²) in [6.45, 7) is 10.2. The van der Waals surface area contributed by atoms with Crippen LogP contribution in [0.1, 0.15) is 66.4 Å². The van der Waals surface area contributed by atoms with Gasteiger partial charge < -0.3 is 24.7 Å². The first-order chi connectivity index (χ1) is 15.9. The summed E-state index contributed by atoms with van der Waals surface area (Å²) in [6, 6.07) is 3.63. The van der Waals surface area contributed by atoms with Crippen molar-refractivity contribution in [3.8, 4) is 11.5 Å². The Labute approximate surface area is 201 Å². The SMILES string of the molecule is CCCCC(=O)O[C@@H](C)COC(=O)[C@@H](N)Cc1ccc(OC(=O)C(C)C)c(OC(=O)C(C)C)c1. The molecular formula is C25H37NO8. The van der Waals surface area contributed by atoms with E-state index in [1.54, 1.807) is 40.7 Å². The first-order valence-electron chi connectivity index (χ1n) is 11.6. The summed E-state index contributed by atoms with van der Waals surface area (Å²) < 4.78 is 21.1. The number of unbranched alkanes of at least 4 members (excludes halogenated alkanes) is 1. The van der Waals surface area contributed by atoms with E-state index in [4.69, 9.17) is 24.7 Å². The molecule has 0 radical (unpaired) electrons. The van der Waals surface area contributed by atoms with Crippen LogP contribution in [-0.2, 0) is 35.1 Å². The van der Waals surface area contributed by atoms with E-state index in [-0.39, 0.29) is 36.4 Å². The summed E-state index contributed by atoms with van der Waals surface area (Å²) in [5.41, 5.74) is 6.57. The van der Waals surface area contributed by atoms with Gasteiger partial charge >= 0.3 is 23.9 Å². The standard InChI is InChI=1S/C25H37NO8/c1-7-8-9-22(27)32-17(6)14-31-25(30)19(26)12-18-10-11-20(33-23(28)15(2)3)21(13-18)34-24(29)16(4)5/h10-11,13,15-17,19H,7-9,12,14,26H2,1-6H3/t17-,19-/m0/s1. The predicted octanol–water partition coefficient (Wildman–Crippen LogP) is 3.34. The molecule has 0 bridgehead atoms. The zero-order valence-corrected chi connectivity index (χ0v) is 20.9. The van der Waals surface area contributed by atoms with Crippen LogP contribution < -0.4 is 15.2 Å². The third kappa shape index (κ3) is 10.3. The molecule has 0 aromatic heterocycles. The Hall–Kier alpha value is -2.94. The summed E-state index contributed by atoms with van der Waals surface area (Å²) in [4.78, 5) is 48.1. The number of esters is 4. The van der Waals surface area contributed by atoms with Gasteiger partial charge in [-0.3, -0.25) is 19.2 Å². The molecule has 0 aliphatic carbocycles. The minimum absolute atomic E-state index is 0.0679. The number of carbonyl (C=O) groups is 4. The first-order valence-corrected chi connectivity index (χ1v) is 11.6. The van der Waals surface area contributed by atoms with Crippen LogP contribution in [0.4, 0.5) is 0 Å². The lowest BCUT2D eigenvalue weighted by Crippen LogP contribution is -2.36. The first kappa shape index (κ1) is 29.1. The van der Waals surface area contributed by atoms with E-state index in [2.05, 4.69) is 0 Å². The van der Waals surface area contributed by atoms with Crippen molar-refractivity contribution in [2.75, 3.05) is 6.61 Å². The molecule has 0 aliphatic heterocycles. The van der Waals surface area contributed by atoms with E-state index >= 15 is 0 Å². The molecule has 0 unspecified atom stereocenters. The molecule has 190 valence electrons. The fourth-order valence-corrected chi connectivity index (χ4v) is 2.58. The average Bonchev–Trinajstić information content (AvgIpc) is 2.77. The van der Waals surface area contributed by atoms with Crippen molar-refractivity contribution in [2.24, 2.45) is 17.6 Å².